The Labute approximate surface area is 152 Å². The molecule has 11 heteroatoms. The number of carbonyl (C=O) groups excluding carboxylic acids is 2. The number of nitrogens with one attached hydrogen (secondary N) is 3. The largest absolute Gasteiger partial charge is 0.352 e. The first-order chi connectivity index (χ1) is 12.0. The van der Waals surface area contributed by atoms with E-state index in [2.05, 4.69) is 15.4 Å². The van der Waals surface area contributed by atoms with Crippen molar-refractivity contribution in [2.45, 2.75) is 10.9 Å². The molecule has 7 N–H and O–H groups in total. The van der Waals surface area contributed by atoms with E-state index in [-0.39, 0.29) is 11.3 Å². The fourth-order valence-electron chi connectivity index (χ4n) is 1.61. The molecule has 1 amide bonds. The van der Waals surface area contributed by atoms with E-state index in [9.17, 15) is 9.59 Å². The monoisotopic (exact) mass is 380 g/mol. The molecule has 0 aliphatic carbocycles. The quantitative estimate of drug-likeness (QED) is 0.212. The predicted molar refractivity (Wildman–Crippen MR) is 95.9 cm³/mol. The number of nitrogens with zero attached hydrogens (tertiary/aromatic N) is 1. The number of hydrazine groups is 1. The average molecular weight is 380 g/mol. The third kappa shape index (κ3) is 5.53. The maximum Gasteiger partial charge on any atom is 0.349 e. The fourth-order valence-corrected chi connectivity index (χ4v) is 2.79. The lowest BCUT2D eigenvalue weighted by atomic mass is 10.3. The van der Waals surface area contributed by atoms with Crippen LogP contribution in [-0.2, 0) is 9.63 Å². The van der Waals surface area contributed by atoms with Gasteiger partial charge < -0.3 is 21.0 Å². The van der Waals surface area contributed by atoms with Gasteiger partial charge in [0.2, 0.25) is 0 Å². The van der Waals surface area contributed by atoms with E-state index in [0.29, 0.717) is 10.5 Å². The number of nitrogens with two attached hydrogens (primary N) is 2. The van der Waals surface area contributed by atoms with E-state index >= 15 is 0 Å². The lowest BCUT2D eigenvalue weighted by molar-refractivity contribution is -0.149. The smallest absolute Gasteiger partial charge is 0.349 e. The third-order valence-corrected chi connectivity index (χ3v) is 4.57. The molecular formula is C14H16N6O3S2. The van der Waals surface area contributed by atoms with Gasteiger partial charge in [-0.25, -0.2) is 15.6 Å². The van der Waals surface area contributed by atoms with Crippen LogP contribution < -0.4 is 22.5 Å². The molecular weight excluding hydrogens is 364 g/mol. The summed E-state index contributed by atoms with van der Waals surface area (Å²) in [6, 6.07) is 5.65. The number of amides is 1. The van der Waals surface area contributed by atoms with Gasteiger partial charge in [0.25, 0.3) is 5.91 Å². The first-order valence-corrected chi connectivity index (χ1v) is 8.40. The Balaban J connectivity index is 1.81. The second kappa shape index (κ2) is 9.13. The molecule has 0 unspecified atom stereocenters. The van der Waals surface area contributed by atoms with Crippen molar-refractivity contribution in [3.05, 3.63) is 46.9 Å². The Bertz CT molecular complexity index is 796. The van der Waals surface area contributed by atoms with Crippen molar-refractivity contribution in [3.8, 4) is 0 Å². The van der Waals surface area contributed by atoms with Gasteiger partial charge in [-0.15, -0.1) is 11.8 Å². The molecule has 0 aliphatic heterocycles. The molecule has 0 saturated heterocycles. The number of aromatic amines is 1. The normalized spacial score (nSPS) is 11.4. The molecule has 0 aliphatic rings. The van der Waals surface area contributed by atoms with Gasteiger partial charge in [0.15, 0.2) is 0 Å². The van der Waals surface area contributed by atoms with Gasteiger partial charge in [0.05, 0.1) is 5.56 Å². The van der Waals surface area contributed by atoms with Crippen LogP contribution in [0, 0.1) is 4.64 Å². The maximum atomic E-state index is 11.9. The van der Waals surface area contributed by atoms with E-state index < -0.39 is 17.9 Å². The number of pyridine rings is 2. The van der Waals surface area contributed by atoms with Crippen LogP contribution in [-0.4, -0.2) is 33.6 Å². The molecule has 2 rings (SSSR count). The lowest BCUT2D eigenvalue weighted by Gasteiger charge is -2.11. The Hall–Kier alpha value is -2.47. The minimum Gasteiger partial charge on any atom is -0.352 e. The molecule has 25 heavy (non-hydrogen) atoms. The molecule has 1 atom stereocenters. The van der Waals surface area contributed by atoms with Crippen LogP contribution in [0.15, 0.2) is 41.6 Å². The summed E-state index contributed by atoms with van der Waals surface area (Å²) in [4.78, 5) is 36.0. The molecule has 2 aromatic heterocycles. The summed E-state index contributed by atoms with van der Waals surface area (Å²) in [5, 5.41) is 0. The van der Waals surface area contributed by atoms with Crippen molar-refractivity contribution in [1.82, 2.24) is 15.4 Å². The lowest BCUT2D eigenvalue weighted by Crippen LogP contribution is -2.39. The number of thioether (sulfide) groups is 1. The Morgan fingerprint density at radius 1 is 1.40 bits per heavy atom. The molecule has 0 bridgehead atoms. The molecule has 0 aromatic carbocycles. The van der Waals surface area contributed by atoms with Gasteiger partial charge in [-0.05, 0) is 24.3 Å². The zero-order valence-electron chi connectivity index (χ0n) is 12.9. The van der Waals surface area contributed by atoms with Crippen LogP contribution in [0.4, 0.5) is 5.82 Å². The van der Waals surface area contributed by atoms with Crippen LogP contribution in [0.2, 0.25) is 0 Å². The molecule has 0 saturated carbocycles. The van der Waals surface area contributed by atoms with Gasteiger partial charge in [0, 0.05) is 23.0 Å². The number of carbonyl (C=O) groups is 2. The summed E-state index contributed by atoms with van der Waals surface area (Å²) in [5.74, 6) is 4.43. The van der Waals surface area contributed by atoms with E-state index in [1.54, 1.807) is 12.3 Å². The number of aromatic nitrogens is 2. The molecule has 9 nitrogen and oxygen atoms in total. The van der Waals surface area contributed by atoms with Gasteiger partial charge in [-0.1, -0.05) is 12.2 Å². The number of rotatable bonds is 6. The Kier molecular flexibility index (Phi) is 6.89. The molecule has 0 radical (unpaired) electrons. The number of nitrogen functional groups attached to an aromatic ring is 1. The highest BCUT2D eigenvalue weighted by molar-refractivity contribution is 7.99. The minimum absolute atomic E-state index is 0.199. The van der Waals surface area contributed by atoms with Crippen molar-refractivity contribution in [2.75, 3.05) is 11.2 Å². The third-order valence-electron chi connectivity index (χ3n) is 2.92. The van der Waals surface area contributed by atoms with Crippen LogP contribution >= 0.6 is 24.0 Å². The molecule has 0 spiro atoms. The predicted octanol–water partition coefficient (Wildman–Crippen LogP) is 0.732. The summed E-state index contributed by atoms with van der Waals surface area (Å²) >= 11 is 6.43. The topological polar surface area (TPSA) is 148 Å². The highest BCUT2D eigenvalue weighted by Crippen LogP contribution is 2.18. The number of H-pyrrole nitrogens is 1. The number of anilines is 1. The summed E-state index contributed by atoms with van der Waals surface area (Å²) in [5.41, 5.74) is 10.3. The highest BCUT2D eigenvalue weighted by Gasteiger charge is 2.18. The van der Waals surface area contributed by atoms with E-state index in [0.717, 1.165) is 4.90 Å². The van der Waals surface area contributed by atoms with Crippen molar-refractivity contribution in [2.24, 2.45) is 11.6 Å². The van der Waals surface area contributed by atoms with Crippen LogP contribution in [0.1, 0.15) is 10.4 Å². The van der Waals surface area contributed by atoms with Crippen LogP contribution in [0.3, 0.4) is 0 Å². The minimum atomic E-state index is -0.929. The summed E-state index contributed by atoms with van der Waals surface area (Å²) in [6.07, 6.45) is 2.99. The van der Waals surface area contributed by atoms with E-state index in [1.165, 1.54) is 30.1 Å². The first-order valence-electron chi connectivity index (χ1n) is 7.01. The van der Waals surface area contributed by atoms with E-state index in [4.69, 9.17) is 28.6 Å². The van der Waals surface area contributed by atoms with Crippen molar-refractivity contribution < 1.29 is 14.4 Å². The highest BCUT2D eigenvalue weighted by atomic mass is 32.2. The molecule has 2 heterocycles. The van der Waals surface area contributed by atoms with Gasteiger partial charge in [-0.3, -0.25) is 4.79 Å². The Morgan fingerprint density at radius 3 is 2.84 bits per heavy atom. The second-order valence-corrected chi connectivity index (χ2v) is 6.18. The molecule has 0 fully saturated rings. The first kappa shape index (κ1) is 18.9. The number of hydrogen-bond donors (Lipinski definition) is 5. The average Bonchev–Trinajstić information content (AvgIpc) is 2.65. The van der Waals surface area contributed by atoms with Crippen LogP contribution in [0.25, 0.3) is 0 Å². The van der Waals surface area contributed by atoms with Gasteiger partial charge in [0.1, 0.15) is 16.5 Å². The SMILES string of the molecule is NNc1ccc(C(=O)NOC(=O)[C@@H](N)CSc2ccc[nH]c2=S)cn1. The number of hydroxylamine groups is 1. The standard InChI is InChI=1S/C14H16N6O3S2/c15-9(7-25-10-2-1-5-17-13(10)24)14(22)23-20-12(21)8-3-4-11(19-16)18-6-8/h1-6,9H,7,15-16H2,(H,17,24)(H,18,19)(H,20,21)/t9-/m0/s1. The van der Waals surface area contributed by atoms with Gasteiger partial charge >= 0.3 is 5.97 Å². The molecule has 132 valence electrons. The second-order valence-electron chi connectivity index (χ2n) is 4.71. The van der Waals surface area contributed by atoms with E-state index in [1.807, 2.05) is 11.5 Å². The van der Waals surface area contributed by atoms with Crippen molar-refractivity contribution in [1.29, 1.82) is 0 Å². The summed E-state index contributed by atoms with van der Waals surface area (Å²) < 4.78 is 0.560. The zero-order valence-corrected chi connectivity index (χ0v) is 14.5. The van der Waals surface area contributed by atoms with Crippen molar-refractivity contribution >= 4 is 41.7 Å². The number of hydrogen-bond acceptors (Lipinski definition) is 9. The van der Waals surface area contributed by atoms with Crippen LogP contribution in [0.5, 0.6) is 0 Å². The fraction of sp³-hybridized carbons (Fsp3) is 0.143. The Morgan fingerprint density at radius 2 is 2.20 bits per heavy atom. The summed E-state index contributed by atoms with van der Waals surface area (Å²) in [7, 11) is 0. The maximum absolute atomic E-state index is 11.9. The van der Waals surface area contributed by atoms with Gasteiger partial charge in [-0.2, -0.15) is 5.48 Å². The zero-order chi connectivity index (χ0) is 18.2. The van der Waals surface area contributed by atoms with Crippen molar-refractivity contribution in [3.63, 3.8) is 0 Å². The summed E-state index contributed by atoms with van der Waals surface area (Å²) in [6.45, 7) is 0. The molecule has 2 aromatic rings.